The molecule has 0 spiro atoms. The number of hydrogen-bond acceptors (Lipinski definition) is 2. The van der Waals surface area contributed by atoms with Gasteiger partial charge in [0, 0.05) is 13.1 Å². The molecule has 0 aliphatic heterocycles. The van der Waals surface area contributed by atoms with E-state index in [4.69, 9.17) is 11.6 Å². The van der Waals surface area contributed by atoms with Crippen LogP contribution >= 0.6 is 11.6 Å². The lowest BCUT2D eigenvalue weighted by Gasteiger charge is -2.15. The second-order valence-corrected chi connectivity index (χ2v) is 5.12. The van der Waals surface area contributed by atoms with Gasteiger partial charge in [0.1, 0.15) is 0 Å². The maximum absolute atomic E-state index is 6.23. The molecule has 1 unspecified atom stereocenters. The van der Waals surface area contributed by atoms with Gasteiger partial charge in [0.15, 0.2) is 0 Å². The summed E-state index contributed by atoms with van der Waals surface area (Å²) >= 11 is 6.23. The third-order valence-electron chi connectivity index (χ3n) is 3.52. The summed E-state index contributed by atoms with van der Waals surface area (Å²) in [6, 6.07) is 0.645. The fourth-order valence-corrected chi connectivity index (χ4v) is 2.61. The Balaban J connectivity index is 1.97. The van der Waals surface area contributed by atoms with Crippen LogP contribution in [0.1, 0.15) is 30.7 Å². The molecule has 16 heavy (non-hydrogen) atoms. The standard InChI is InChI=1S/C12H20ClN3/c1-8-12(13)11(16(3)15-8)7-6-10(14-2)9-4-5-9/h9-10,14H,4-7H2,1-3H3. The predicted octanol–water partition coefficient (Wildman–Crippen LogP) is 2.31. The number of rotatable bonds is 5. The predicted molar refractivity (Wildman–Crippen MR) is 66.8 cm³/mol. The lowest BCUT2D eigenvalue weighted by atomic mass is 10.1. The average molecular weight is 242 g/mol. The van der Waals surface area contributed by atoms with Gasteiger partial charge in [-0.25, -0.2) is 0 Å². The molecular formula is C12H20ClN3. The second kappa shape index (κ2) is 4.76. The normalized spacial score (nSPS) is 17.8. The van der Waals surface area contributed by atoms with Crippen LogP contribution in [0.15, 0.2) is 0 Å². The summed E-state index contributed by atoms with van der Waals surface area (Å²) < 4.78 is 1.91. The van der Waals surface area contributed by atoms with Crippen LogP contribution in [0.3, 0.4) is 0 Å². The summed E-state index contributed by atoms with van der Waals surface area (Å²) in [5.41, 5.74) is 2.10. The first kappa shape index (κ1) is 11.9. The Kier molecular flexibility index (Phi) is 3.55. The zero-order valence-corrected chi connectivity index (χ0v) is 11.0. The van der Waals surface area contributed by atoms with Crippen LogP contribution < -0.4 is 5.32 Å². The van der Waals surface area contributed by atoms with Crippen LogP contribution in [0.4, 0.5) is 0 Å². The highest BCUT2D eigenvalue weighted by molar-refractivity contribution is 6.31. The van der Waals surface area contributed by atoms with Gasteiger partial charge in [-0.05, 0) is 45.6 Å². The minimum absolute atomic E-state index is 0.645. The summed E-state index contributed by atoms with van der Waals surface area (Å²) in [5, 5.41) is 8.59. The van der Waals surface area contributed by atoms with E-state index in [1.54, 1.807) is 0 Å². The van der Waals surface area contributed by atoms with E-state index in [0.717, 1.165) is 29.5 Å². The van der Waals surface area contributed by atoms with E-state index in [1.807, 2.05) is 18.7 Å². The highest BCUT2D eigenvalue weighted by Gasteiger charge is 2.30. The summed E-state index contributed by atoms with van der Waals surface area (Å²) in [5.74, 6) is 0.887. The van der Waals surface area contributed by atoms with Gasteiger partial charge in [-0.2, -0.15) is 5.10 Å². The van der Waals surface area contributed by atoms with Crippen LogP contribution in [0.2, 0.25) is 5.02 Å². The molecule has 1 aromatic rings. The number of nitrogens with zero attached hydrogens (tertiary/aromatic N) is 2. The molecule has 3 nitrogen and oxygen atoms in total. The van der Waals surface area contributed by atoms with Crippen LogP contribution in [0.25, 0.3) is 0 Å². The van der Waals surface area contributed by atoms with Crippen molar-refractivity contribution in [3.05, 3.63) is 16.4 Å². The van der Waals surface area contributed by atoms with Gasteiger partial charge < -0.3 is 5.32 Å². The van der Waals surface area contributed by atoms with Crippen molar-refractivity contribution in [2.75, 3.05) is 7.05 Å². The van der Waals surface area contributed by atoms with E-state index in [1.165, 1.54) is 18.5 Å². The maximum Gasteiger partial charge on any atom is 0.0846 e. The van der Waals surface area contributed by atoms with Gasteiger partial charge in [0.05, 0.1) is 16.4 Å². The van der Waals surface area contributed by atoms with E-state index < -0.39 is 0 Å². The van der Waals surface area contributed by atoms with Gasteiger partial charge in [0.25, 0.3) is 0 Å². The largest absolute Gasteiger partial charge is 0.317 e. The maximum atomic E-state index is 6.23. The Hall–Kier alpha value is -0.540. The zero-order chi connectivity index (χ0) is 11.7. The summed E-state index contributed by atoms with van der Waals surface area (Å²) in [4.78, 5) is 0. The third-order valence-corrected chi connectivity index (χ3v) is 4.01. The molecule has 1 N–H and O–H groups in total. The van der Waals surface area contributed by atoms with E-state index in [0.29, 0.717) is 6.04 Å². The van der Waals surface area contributed by atoms with Gasteiger partial charge in [-0.15, -0.1) is 0 Å². The molecule has 1 saturated carbocycles. The molecule has 1 fully saturated rings. The molecule has 90 valence electrons. The molecule has 0 aromatic carbocycles. The molecule has 0 saturated heterocycles. The minimum atomic E-state index is 0.645. The number of aryl methyl sites for hydroxylation is 2. The smallest absolute Gasteiger partial charge is 0.0846 e. The van der Waals surface area contributed by atoms with Crippen LogP contribution in [0.5, 0.6) is 0 Å². The lowest BCUT2D eigenvalue weighted by molar-refractivity contribution is 0.464. The van der Waals surface area contributed by atoms with E-state index in [-0.39, 0.29) is 0 Å². The SMILES string of the molecule is CNC(CCc1c(Cl)c(C)nn1C)C1CC1. The van der Waals surface area contributed by atoms with Gasteiger partial charge in [-0.1, -0.05) is 11.6 Å². The lowest BCUT2D eigenvalue weighted by Crippen LogP contribution is -2.28. The highest BCUT2D eigenvalue weighted by Crippen LogP contribution is 2.34. The average Bonchev–Trinajstić information content (AvgIpc) is 3.03. The van der Waals surface area contributed by atoms with Crippen molar-refractivity contribution in [1.29, 1.82) is 0 Å². The van der Waals surface area contributed by atoms with Crippen molar-refractivity contribution in [1.82, 2.24) is 15.1 Å². The Labute approximate surface area is 102 Å². The molecular weight excluding hydrogens is 222 g/mol. The van der Waals surface area contributed by atoms with Crippen LogP contribution in [-0.2, 0) is 13.5 Å². The van der Waals surface area contributed by atoms with Crippen molar-refractivity contribution < 1.29 is 0 Å². The van der Waals surface area contributed by atoms with Crippen LogP contribution in [-0.4, -0.2) is 22.9 Å². The molecule has 2 rings (SSSR count). The Morgan fingerprint density at radius 1 is 1.56 bits per heavy atom. The number of hydrogen-bond donors (Lipinski definition) is 1. The fourth-order valence-electron chi connectivity index (χ4n) is 2.36. The van der Waals surface area contributed by atoms with Crippen molar-refractivity contribution >= 4 is 11.6 Å². The van der Waals surface area contributed by atoms with Crippen molar-refractivity contribution in [3.63, 3.8) is 0 Å². The molecule has 1 aliphatic carbocycles. The van der Waals surface area contributed by atoms with Crippen molar-refractivity contribution in [2.24, 2.45) is 13.0 Å². The van der Waals surface area contributed by atoms with Gasteiger partial charge in [0.2, 0.25) is 0 Å². The first-order valence-corrected chi connectivity index (χ1v) is 6.36. The second-order valence-electron chi connectivity index (χ2n) is 4.74. The molecule has 4 heteroatoms. The molecule has 1 aromatic heterocycles. The summed E-state index contributed by atoms with van der Waals surface area (Å²) in [6.07, 6.45) is 4.92. The first-order valence-electron chi connectivity index (χ1n) is 5.98. The monoisotopic (exact) mass is 241 g/mol. The molecule has 0 amide bonds. The quantitative estimate of drug-likeness (QED) is 0.858. The number of aromatic nitrogens is 2. The Morgan fingerprint density at radius 3 is 2.69 bits per heavy atom. The molecule has 1 atom stereocenters. The molecule has 0 bridgehead atoms. The molecule has 1 aliphatic rings. The van der Waals surface area contributed by atoms with Gasteiger partial charge in [-0.3, -0.25) is 4.68 Å². The minimum Gasteiger partial charge on any atom is -0.317 e. The first-order chi connectivity index (χ1) is 7.63. The molecule has 1 heterocycles. The highest BCUT2D eigenvalue weighted by atomic mass is 35.5. The van der Waals surface area contributed by atoms with Crippen LogP contribution in [0, 0.1) is 12.8 Å². The fraction of sp³-hybridized carbons (Fsp3) is 0.750. The Morgan fingerprint density at radius 2 is 2.25 bits per heavy atom. The summed E-state index contributed by atoms with van der Waals surface area (Å²) in [7, 11) is 4.03. The number of nitrogens with one attached hydrogen (secondary N) is 1. The summed E-state index contributed by atoms with van der Waals surface area (Å²) in [6.45, 7) is 1.96. The Bertz CT molecular complexity index is 369. The zero-order valence-electron chi connectivity index (χ0n) is 10.3. The number of halogens is 1. The molecule has 0 radical (unpaired) electrons. The third kappa shape index (κ3) is 2.41. The van der Waals surface area contributed by atoms with Gasteiger partial charge >= 0.3 is 0 Å². The van der Waals surface area contributed by atoms with Crippen molar-refractivity contribution in [2.45, 2.75) is 38.6 Å². The van der Waals surface area contributed by atoms with E-state index in [9.17, 15) is 0 Å². The van der Waals surface area contributed by atoms with E-state index in [2.05, 4.69) is 17.5 Å². The van der Waals surface area contributed by atoms with E-state index >= 15 is 0 Å². The van der Waals surface area contributed by atoms with Crippen molar-refractivity contribution in [3.8, 4) is 0 Å². The topological polar surface area (TPSA) is 29.9 Å².